The van der Waals surface area contributed by atoms with Crippen LogP contribution in [-0.2, 0) is 4.74 Å². The molecule has 0 aliphatic carbocycles. The number of methoxy groups -OCH3 is 1. The zero-order valence-corrected chi connectivity index (χ0v) is 17.0. The van der Waals surface area contributed by atoms with E-state index < -0.39 is 0 Å². The summed E-state index contributed by atoms with van der Waals surface area (Å²) in [6.07, 6.45) is -0.270. The van der Waals surface area contributed by atoms with Gasteiger partial charge in [-0.3, -0.25) is 4.99 Å². The normalized spacial score (nSPS) is 12.6. The Morgan fingerprint density at radius 1 is 1.16 bits per heavy atom. The van der Waals surface area contributed by atoms with Crippen LogP contribution in [0.3, 0.4) is 0 Å². The number of hydrogen-bond donors (Lipinski definition) is 2. The van der Waals surface area contributed by atoms with Crippen LogP contribution in [0.15, 0.2) is 53.5 Å². The second kappa shape index (κ2) is 10.4. The summed E-state index contributed by atoms with van der Waals surface area (Å²) in [5.41, 5.74) is 8.95. The highest BCUT2D eigenvalue weighted by atomic mass is 127. The summed E-state index contributed by atoms with van der Waals surface area (Å²) in [6, 6.07) is 14.3. The molecule has 0 amide bonds. The van der Waals surface area contributed by atoms with Crippen LogP contribution >= 0.6 is 24.0 Å². The number of hydrogen-bond acceptors (Lipinski definition) is 2. The summed E-state index contributed by atoms with van der Waals surface area (Å²) < 4.78 is 18.4. The van der Waals surface area contributed by atoms with Crippen LogP contribution in [0, 0.1) is 5.82 Å². The Kier molecular flexibility index (Phi) is 8.85. The number of anilines is 1. The fourth-order valence-corrected chi connectivity index (χ4v) is 2.34. The topological polar surface area (TPSA) is 59.6 Å². The highest BCUT2D eigenvalue weighted by molar-refractivity contribution is 14.0. The zero-order valence-electron chi connectivity index (χ0n) is 14.7. The molecule has 0 fully saturated rings. The first-order chi connectivity index (χ1) is 11.5. The first kappa shape index (κ1) is 21.4. The van der Waals surface area contributed by atoms with Crippen LogP contribution in [0.2, 0.25) is 0 Å². The van der Waals surface area contributed by atoms with Gasteiger partial charge in [0.25, 0.3) is 0 Å². The molecule has 1 unspecified atom stereocenters. The van der Waals surface area contributed by atoms with Crippen molar-refractivity contribution < 1.29 is 9.13 Å². The van der Waals surface area contributed by atoms with Crippen LogP contribution in [-0.4, -0.2) is 19.6 Å². The summed E-state index contributed by atoms with van der Waals surface area (Å²) >= 11 is 0. The molecule has 0 spiro atoms. The Morgan fingerprint density at radius 3 is 2.44 bits per heavy atom. The van der Waals surface area contributed by atoms with Gasteiger partial charge in [0.05, 0.1) is 6.54 Å². The number of nitrogens with zero attached hydrogens (tertiary/aromatic N) is 1. The van der Waals surface area contributed by atoms with E-state index in [1.54, 1.807) is 19.2 Å². The Hall–Kier alpha value is -1.67. The average molecular weight is 457 g/mol. The van der Waals surface area contributed by atoms with Crippen LogP contribution in [0.25, 0.3) is 0 Å². The Labute approximate surface area is 165 Å². The van der Waals surface area contributed by atoms with Gasteiger partial charge in [0.1, 0.15) is 11.9 Å². The molecule has 0 aromatic heterocycles. The second-order valence-electron chi connectivity index (χ2n) is 5.91. The lowest BCUT2D eigenvalue weighted by Gasteiger charge is -2.14. The minimum absolute atomic E-state index is 0. The molecule has 0 heterocycles. The third-order valence-electron chi connectivity index (χ3n) is 3.78. The van der Waals surface area contributed by atoms with Gasteiger partial charge in [-0.15, -0.1) is 24.0 Å². The number of halogens is 2. The standard InChI is InChI=1S/C19H24FN3O.HI/c1-13(2)15-5-4-6-17(11-15)23-19(21)22-12-18(24-3)14-7-9-16(20)10-8-14;/h4-11,13,18H,12H2,1-3H3,(H3,21,22,23);1H. The van der Waals surface area contributed by atoms with E-state index in [4.69, 9.17) is 10.5 Å². The maximum atomic E-state index is 13.0. The predicted molar refractivity (Wildman–Crippen MR) is 112 cm³/mol. The quantitative estimate of drug-likeness (QED) is 0.376. The van der Waals surface area contributed by atoms with Crippen molar-refractivity contribution in [1.29, 1.82) is 0 Å². The van der Waals surface area contributed by atoms with Crippen molar-refractivity contribution in [2.75, 3.05) is 19.0 Å². The van der Waals surface area contributed by atoms with Gasteiger partial charge in [-0.1, -0.05) is 38.1 Å². The summed E-state index contributed by atoms with van der Waals surface area (Å²) in [6.45, 7) is 4.63. The van der Waals surface area contributed by atoms with E-state index in [1.807, 2.05) is 12.1 Å². The number of benzene rings is 2. The monoisotopic (exact) mass is 457 g/mol. The van der Waals surface area contributed by atoms with Crippen LogP contribution in [0.4, 0.5) is 10.1 Å². The number of aliphatic imine (C=N–C) groups is 1. The lowest BCUT2D eigenvalue weighted by atomic mass is 10.0. The van der Waals surface area contributed by atoms with Gasteiger partial charge < -0.3 is 15.8 Å². The van der Waals surface area contributed by atoms with Gasteiger partial charge >= 0.3 is 0 Å². The average Bonchev–Trinajstić information content (AvgIpc) is 2.57. The SMILES string of the molecule is COC(CN=C(N)Nc1cccc(C(C)C)c1)c1ccc(F)cc1.I. The van der Waals surface area contributed by atoms with Crippen molar-refractivity contribution in [1.82, 2.24) is 0 Å². The number of nitrogens with two attached hydrogens (primary N) is 1. The molecule has 2 rings (SSSR count). The molecule has 136 valence electrons. The van der Waals surface area contributed by atoms with Crippen LogP contribution in [0.5, 0.6) is 0 Å². The third kappa shape index (κ3) is 6.62. The van der Waals surface area contributed by atoms with Gasteiger partial charge in [-0.2, -0.15) is 0 Å². The molecule has 0 radical (unpaired) electrons. The number of nitrogens with one attached hydrogen (secondary N) is 1. The second-order valence-corrected chi connectivity index (χ2v) is 5.91. The summed E-state index contributed by atoms with van der Waals surface area (Å²) in [7, 11) is 1.60. The maximum absolute atomic E-state index is 13.0. The molecule has 4 nitrogen and oxygen atoms in total. The molecular formula is C19H25FIN3O. The van der Waals surface area contributed by atoms with E-state index in [2.05, 4.69) is 36.3 Å². The van der Waals surface area contributed by atoms with Gasteiger partial charge in [0, 0.05) is 12.8 Å². The number of guanidine groups is 1. The van der Waals surface area contributed by atoms with Crippen LogP contribution < -0.4 is 11.1 Å². The van der Waals surface area contributed by atoms with E-state index in [0.717, 1.165) is 11.3 Å². The summed E-state index contributed by atoms with van der Waals surface area (Å²) in [4.78, 5) is 4.33. The minimum atomic E-state index is -0.275. The summed E-state index contributed by atoms with van der Waals surface area (Å²) in [5.74, 6) is 0.490. The summed E-state index contributed by atoms with van der Waals surface area (Å²) in [5, 5.41) is 3.09. The van der Waals surface area contributed by atoms with Crippen molar-refractivity contribution >= 4 is 35.6 Å². The van der Waals surface area contributed by atoms with E-state index in [0.29, 0.717) is 18.4 Å². The van der Waals surface area contributed by atoms with Gasteiger partial charge in [-0.05, 0) is 41.3 Å². The third-order valence-corrected chi connectivity index (χ3v) is 3.78. The van der Waals surface area contributed by atoms with Crippen molar-refractivity contribution in [3.05, 3.63) is 65.5 Å². The molecule has 6 heteroatoms. The first-order valence-corrected chi connectivity index (χ1v) is 7.94. The van der Waals surface area contributed by atoms with E-state index in [-0.39, 0.29) is 35.9 Å². The van der Waals surface area contributed by atoms with Crippen molar-refractivity contribution in [2.24, 2.45) is 10.7 Å². The molecule has 25 heavy (non-hydrogen) atoms. The predicted octanol–water partition coefficient (Wildman–Crippen LogP) is 4.68. The largest absolute Gasteiger partial charge is 0.375 e. The number of ether oxygens (including phenoxy) is 1. The number of rotatable bonds is 6. The maximum Gasteiger partial charge on any atom is 0.193 e. The minimum Gasteiger partial charge on any atom is -0.375 e. The van der Waals surface area contributed by atoms with E-state index in [1.165, 1.54) is 17.7 Å². The molecule has 2 aromatic carbocycles. The van der Waals surface area contributed by atoms with Crippen molar-refractivity contribution in [2.45, 2.75) is 25.9 Å². The Balaban J connectivity index is 0.00000312. The van der Waals surface area contributed by atoms with Crippen molar-refractivity contribution in [3.63, 3.8) is 0 Å². The molecule has 0 bridgehead atoms. The molecular weight excluding hydrogens is 432 g/mol. The van der Waals surface area contributed by atoms with Gasteiger partial charge in [-0.25, -0.2) is 4.39 Å². The highest BCUT2D eigenvalue weighted by Gasteiger charge is 2.10. The van der Waals surface area contributed by atoms with E-state index in [9.17, 15) is 4.39 Å². The molecule has 2 aromatic rings. The lowest BCUT2D eigenvalue weighted by molar-refractivity contribution is 0.111. The molecule has 0 aliphatic rings. The van der Waals surface area contributed by atoms with Gasteiger partial charge in [0.15, 0.2) is 5.96 Å². The first-order valence-electron chi connectivity index (χ1n) is 7.94. The van der Waals surface area contributed by atoms with E-state index >= 15 is 0 Å². The Bertz CT molecular complexity index is 689. The molecule has 0 aliphatic heterocycles. The fourth-order valence-electron chi connectivity index (χ4n) is 2.34. The molecule has 0 saturated carbocycles. The zero-order chi connectivity index (χ0) is 17.5. The smallest absolute Gasteiger partial charge is 0.193 e. The highest BCUT2D eigenvalue weighted by Crippen LogP contribution is 2.19. The lowest BCUT2D eigenvalue weighted by Crippen LogP contribution is -2.24. The molecule has 3 N–H and O–H groups in total. The Morgan fingerprint density at radius 2 is 1.84 bits per heavy atom. The van der Waals surface area contributed by atoms with Gasteiger partial charge in [0.2, 0.25) is 0 Å². The molecule has 0 saturated heterocycles. The van der Waals surface area contributed by atoms with Crippen molar-refractivity contribution in [3.8, 4) is 0 Å². The van der Waals surface area contributed by atoms with Crippen LogP contribution in [0.1, 0.15) is 37.0 Å². The fraction of sp³-hybridized carbons (Fsp3) is 0.316. The molecule has 1 atom stereocenters.